The van der Waals surface area contributed by atoms with Gasteiger partial charge in [-0.2, -0.15) is 0 Å². The molecule has 0 heterocycles. The molecule has 2 aromatic carbocycles. The van der Waals surface area contributed by atoms with Gasteiger partial charge in [-0.1, -0.05) is 47.6 Å². The highest BCUT2D eigenvalue weighted by molar-refractivity contribution is 5.82. The van der Waals surface area contributed by atoms with Gasteiger partial charge in [0.05, 0.1) is 0 Å². The number of oxime groups is 1. The molecule has 0 aromatic heterocycles. The molecule has 2 aromatic rings. The average molecular weight is 315 g/mol. The molecule has 0 fully saturated rings. The number of nitrogens with one attached hydrogen (secondary N) is 1. The van der Waals surface area contributed by atoms with Crippen LogP contribution in [0.15, 0.2) is 59.8 Å². The van der Waals surface area contributed by atoms with E-state index in [1.165, 1.54) is 12.1 Å². The zero-order chi connectivity index (χ0) is 16.5. The minimum atomic E-state index is -0.328. The summed E-state index contributed by atoms with van der Waals surface area (Å²) in [4.78, 5) is 16.5. The smallest absolute Gasteiger partial charge is 0.261 e. The van der Waals surface area contributed by atoms with Gasteiger partial charge < -0.3 is 15.9 Å². The first kappa shape index (κ1) is 16.5. The van der Waals surface area contributed by atoms with Gasteiger partial charge in [-0.05, 0) is 23.3 Å². The van der Waals surface area contributed by atoms with Gasteiger partial charge in [0, 0.05) is 13.0 Å². The third kappa shape index (κ3) is 6.17. The van der Waals surface area contributed by atoms with Crippen molar-refractivity contribution in [2.24, 2.45) is 10.9 Å². The molecule has 0 aliphatic carbocycles. The molecule has 0 saturated heterocycles. The second kappa shape index (κ2) is 8.53. The van der Waals surface area contributed by atoms with Crippen molar-refractivity contribution in [3.8, 4) is 0 Å². The Hall–Kier alpha value is -2.89. The molecule has 6 heteroatoms. The van der Waals surface area contributed by atoms with E-state index in [0.717, 1.165) is 11.1 Å². The molecule has 0 unspecified atom stereocenters. The zero-order valence-electron chi connectivity index (χ0n) is 12.5. The summed E-state index contributed by atoms with van der Waals surface area (Å²) in [6.07, 6.45) is 0.456. The number of nitrogens with zero attached hydrogens (tertiary/aromatic N) is 1. The van der Waals surface area contributed by atoms with Gasteiger partial charge in [-0.3, -0.25) is 4.79 Å². The molecule has 0 aliphatic rings. The van der Waals surface area contributed by atoms with E-state index >= 15 is 0 Å². The number of benzene rings is 2. The van der Waals surface area contributed by atoms with Crippen LogP contribution < -0.4 is 11.1 Å². The summed E-state index contributed by atoms with van der Waals surface area (Å²) in [5, 5.41) is 6.36. The largest absolute Gasteiger partial charge is 0.384 e. The van der Waals surface area contributed by atoms with Crippen LogP contribution in [0, 0.1) is 5.82 Å². The van der Waals surface area contributed by atoms with E-state index in [9.17, 15) is 9.18 Å². The normalized spacial score (nSPS) is 11.1. The third-order valence-electron chi connectivity index (χ3n) is 3.01. The van der Waals surface area contributed by atoms with Gasteiger partial charge in [0.2, 0.25) is 0 Å². The number of hydrogen-bond acceptors (Lipinski definition) is 3. The van der Waals surface area contributed by atoms with Gasteiger partial charge >= 0.3 is 0 Å². The van der Waals surface area contributed by atoms with E-state index in [-0.39, 0.29) is 18.3 Å². The second-order valence-electron chi connectivity index (χ2n) is 4.92. The molecular weight excluding hydrogens is 297 g/mol. The lowest BCUT2D eigenvalue weighted by Crippen LogP contribution is -2.27. The topological polar surface area (TPSA) is 76.7 Å². The first-order valence-electron chi connectivity index (χ1n) is 7.13. The molecule has 5 nitrogen and oxygen atoms in total. The van der Waals surface area contributed by atoms with Crippen LogP contribution in [0.3, 0.4) is 0 Å². The number of carbonyl (C=O) groups excluding carboxylic acids is 1. The Morgan fingerprint density at radius 1 is 1.09 bits per heavy atom. The van der Waals surface area contributed by atoms with Gasteiger partial charge in [0.25, 0.3) is 5.91 Å². The van der Waals surface area contributed by atoms with Crippen molar-refractivity contribution < 1.29 is 14.0 Å². The maximum Gasteiger partial charge on any atom is 0.261 e. The minimum absolute atomic E-state index is 0.226. The fourth-order valence-corrected chi connectivity index (χ4v) is 1.87. The van der Waals surface area contributed by atoms with Crippen LogP contribution in [0.2, 0.25) is 0 Å². The Kier molecular flexibility index (Phi) is 6.11. The molecular formula is C17H18FN3O2. The van der Waals surface area contributed by atoms with Gasteiger partial charge in [0.1, 0.15) is 11.7 Å². The maximum atomic E-state index is 12.8. The van der Waals surface area contributed by atoms with E-state index in [1.807, 2.05) is 30.3 Å². The van der Waals surface area contributed by atoms with E-state index in [2.05, 4.69) is 10.5 Å². The quantitative estimate of drug-likeness (QED) is 0.466. The summed E-state index contributed by atoms with van der Waals surface area (Å²) in [6, 6.07) is 15.5. The molecule has 0 spiro atoms. The van der Waals surface area contributed by atoms with Crippen molar-refractivity contribution in [3.05, 3.63) is 71.5 Å². The number of hydrogen-bond donors (Lipinski definition) is 2. The molecule has 0 saturated carbocycles. The summed E-state index contributed by atoms with van der Waals surface area (Å²) in [5.41, 5.74) is 7.54. The van der Waals surface area contributed by atoms with E-state index in [1.54, 1.807) is 12.1 Å². The van der Waals surface area contributed by atoms with Crippen molar-refractivity contribution in [1.82, 2.24) is 5.32 Å². The number of halogens is 1. The Morgan fingerprint density at radius 2 is 1.78 bits per heavy atom. The third-order valence-corrected chi connectivity index (χ3v) is 3.01. The molecule has 2 rings (SSSR count). The maximum absolute atomic E-state index is 12.8. The van der Waals surface area contributed by atoms with Crippen LogP contribution >= 0.6 is 0 Å². The summed E-state index contributed by atoms with van der Waals surface area (Å²) >= 11 is 0. The van der Waals surface area contributed by atoms with E-state index < -0.39 is 0 Å². The Bertz CT molecular complexity index is 657. The van der Waals surface area contributed by atoms with Crippen LogP contribution in [0.1, 0.15) is 11.1 Å². The zero-order valence-corrected chi connectivity index (χ0v) is 12.5. The molecule has 0 bridgehead atoms. The summed E-state index contributed by atoms with van der Waals surface area (Å²) in [7, 11) is 0. The fourth-order valence-electron chi connectivity index (χ4n) is 1.87. The lowest BCUT2D eigenvalue weighted by atomic mass is 10.1. The average Bonchev–Trinajstić information content (AvgIpc) is 2.55. The summed E-state index contributed by atoms with van der Waals surface area (Å²) in [6.45, 7) is 0.0718. The van der Waals surface area contributed by atoms with Gasteiger partial charge in [0.15, 0.2) is 6.61 Å². The van der Waals surface area contributed by atoms with Gasteiger partial charge in [-0.25, -0.2) is 4.39 Å². The van der Waals surface area contributed by atoms with E-state index in [4.69, 9.17) is 10.6 Å². The number of carbonyl (C=O) groups is 1. The van der Waals surface area contributed by atoms with E-state index in [0.29, 0.717) is 18.8 Å². The molecule has 0 atom stereocenters. The molecule has 0 aliphatic heterocycles. The molecule has 120 valence electrons. The number of amidine groups is 1. The SMILES string of the molecule is N/C(Cc1ccccc1)=N\OCC(=O)NCc1ccc(F)cc1. The summed E-state index contributed by atoms with van der Waals surface area (Å²) < 4.78 is 12.8. The van der Waals surface area contributed by atoms with Gasteiger partial charge in [-0.15, -0.1) is 0 Å². The lowest BCUT2D eigenvalue weighted by Gasteiger charge is -2.05. The lowest BCUT2D eigenvalue weighted by molar-refractivity contribution is -0.125. The first-order chi connectivity index (χ1) is 11.1. The predicted octanol–water partition coefficient (Wildman–Crippen LogP) is 1.97. The fraction of sp³-hybridized carbons (Fsp3) is 0.176. The minimum Gasteiger partial charge on any atom is -0.384 e. The molecule has 0 radical (unpaired) electrons. The molecule has 3 N–H and O–H groups in total. The van der Waals surface area contributed by atoms with Crippen molar-refractivity contribution in [2.75, 3.05) is 6.61 Å². The highest BCUT2D eigenvalue weighted by Crippen LogP contribution is 2.02. The van der Waals surface area contributed by atoms with Crippen LogP contribution in [-0.2, 0) is 22.6 Å². The number of rotatable bonds is 7. The monoisotopic (exact) mass is 315 g/mol. The number of amides is 1. The molecule has 1 amide bonds. The molecule has 23 heavy (non-hydrogen) atoms. The highest BCUT2D eigenvalue weighted by atomic mass is 19.1. The number of nitrogens with two attached hydrogens (primary N) is 1. The Balaban J connectivity index is 1.69. The summed E-state index contributed by atoms with van der Waals surface area (Å²) in [5.74, 6) is -0.347. The standard InChI is InChI=1S/C17H18FN3O2/c18-15-8-6-14(7-9-15)11-20-17(22)12-23-21-16(19)10-13-4-2-1-3-5-13/h1-9H,10-12H2,(H2,19,21)(H,20,22). The van der Waals surface area contributed by atoms with Crippen molar-refractivity contribution in [3.63, 3.8) is 0 Å². The second-order valence-corrected chi connectivity index (χ2v) is 4.92. The van der Waals surface area contributed by atoms with Crippen LogP contribution in [0.5, 0.6) is 0 Å². The van der Waals surface area contributed by atoms with Crippen molar-refractivity contribution in [2.45, 2.75) is 13.0 Å². The van der Waals surface area contributed by atoms with Crippen LogP contribution in [0.25, 0.3) is 0 Å². The highest BCUT2D eigenvalue weighted by Gasteiger charge is 2.03. The van der Waals surface area contributed by atoms with Crippen molar-refractivity contribution >= 4 is 11.7 Å². The van der Waals surface area contributed by atoms with Crippen LogP contribution in [0.4, 0.5) is 4.39 Å². The first-order valence-corrected chi connectivity index (χ1v) is 7.13. The Morgan fingerprint density at radius 3 is 2.48 bits per heavy atom. The Labute approximate surface area is 133 Å². The van der Waals surface area contributed by atoms with Crippen molar-refractivity contribution in [1.29, 1.82) is 0 Å². The predicted molar refractivity (Wildman–Crippen MR) is 86.0 cm³/mol. The van der Waals surface area contributed by atoms with Crippen LogP contribution in [-0.4, -0.2) is 18.3 Å².